The summed E-state index contributed by atoms with van der Waals surface area (Å²) in [5.41, 5.74) is -0.305. The van der Waals surface area contributed by atoms with Crippen LogP contribution >= 0.6 is 11.3 Å². The fourth-order valence-electron chi connectivity index (χ4n) is 6.61. The summed E-state index contributed by atoms with van der Waals surface area (Å²) < 4.78 is 12.8. The summed E-state index contributed by atoms with van der Waals surface area (Å²) in [6.45, 7) is 0. The first-order chi connectivity index (χ1) is 12.7. The molecule has 1 unspecified atom stereocenters. The Morgan fingerprint density at radius 2 is 1.69 bits per heavy atom. The maximum atomic E-state index is 6.16. The van der Waals surface area contributed by atoms with Gasteiger partial charge in [-0.25, -0.2) is 4.89 Å². The molecule has 4 bridgehead atoms. The molecular weight excluding hydrogens is 348 g/mol. The Hall–Kier alpha value is -1.14. The molecule has 5 heteroatoms. The molecule has 1 saturated heterocycles. The molecule has 1 aromatic carbocycles. The van der Waals surface area contributed by atoms with Gasteiger partial charge in [-0.1, -0.05) is 0 Å². The molecule has 5 aliphatic rings. The molecular formula is C21H24O4S. The number of ether oxygens (including phenoxy) is 2. The van der Waals surface area contributed by atoms with Gasteiger partial charge in [-0.15, -0.1) is 11.3 Å². The number of hydrogen-bond donors (Lipinski definition) is 0. The molecule has 0 N–H and O–H groups in total. The molecule has 26 heavy (non-hydrogen) atoms. The van der Waals surface area contributed by atoms with Crippen LogP contribution in [0.1, 0.15) is 37.0 Å². The van der Waals surface area contributed by atoms with Gasteiger partial charge < -0.3 is 9.47 Å². The molecule has 2 heterocycles. The summed E-state index contributed by atoms with van der Waals surface area (Å²) in [4.78, 5) is 13.1. The molecule has 5 fully saturated rings. The first-order valence-electron chi connectivity index (χ1n) is 9.68. The van der Waals surface area contributed by atoms with E-state index in [1.165, 1.54) is 42.2 Å². The lowest BCUT2D eigenvalue weighted by Gasteiger charge is -2.68. The summed E-state index contributed by atoms with van der Waals surface area (Å²) in [6, 6.07) is 8.43. The minimum atomic E-state index is -0.757. The predicted molar refractivity (Wildman–Crippen MR) is 99.0 cm³/mol. The van der Waals surface area contributed by atoms with Crippen molar-refractivity contribution in [3.8, 4) is 5.75 Å². The van der Waals surface area contributed by atoms with Gasteiger partial charge in [0.2, 0.25) is 0 Å². The Balaban J connectivity index is 1.47. The Labute approximate surface area is 157 Å². The number of thiophene rings is 1. The van der Waals surface area contributed by atoms with Crippen LogP contribution in [0.15, 0.2) is 24.3 Å². The van der Waals surface area contributed by atoms with Crippen molar-refractivity contribution >= 4 is 21.4 Å². The van der Waals surface area contributed by atoms with Crippen molar-refractivity contribution in [3.05, 3.63) is 29.1 Å². The minimum Gasteiger partial charge on any atom is -0.497 e. The number of hydrogen-bond acceptors (Lipinski definition) is 5. The van der Waals surface area contributed by atoms with Crippen LogP contribution in [0.25, 0.3) is 10.1 Å². The van der Waals surface area contributed by atoms with Gasteiger partial charge in [0, 0.05) is 11.8 Å². The SMILES string of the molecule is COc1ccc2sc(C3(OC)OOC34C3CC5CC(C3)CC4C5)cc2c1. The molecule has 4 saturated carbocycles. The Morgan fingerprint density at radius 3 is 2.27 bits per heavy atom. The van der Waals surface area contributed by atoms with E-state index in [1.54, 1.807) is 25.6 Å². The number of benzene rings is 1. The van der Waals surface area contributed by atoms with Crippen LogP contribution in [-0.2, 0) is 20.3 Å². The zero-order chi connectivity index (χ0) is 17.5. The summed E-state index contributed by atoms with van der Waals surface area (Å²) in [5.74, 6) is 2.98. The van der Waals surface area contributed by atoms with Crippen LogP contribution in [0.5, 0.6) is 5.75 Å². The standard InChI is InChI=1S/C21H24O4S/c1-22-17-3-4-18-14(10-17)11-19(26-18)21(23-2)20(24-25-21)15-6-12-5-13(8-15)9-16(20)7-12/h3-4,10-13,15-16H,5-9H2,1-2H3. The summed E-state index contributed by atoms with van der Waals surface area (Å²) in [7, 11) is 3.48. The van der Waals surface area contributed by atoms with E-state index in [2.05, 4.69) is 18.2 Å². The molecule has 4 nitrogen and oxygen atoms in total. The highest BCUT2D eigenvalue weighted by molar-refractivity contribution is 7.19. The van der Waals surface area contributed by atoms with Gasteiger partial charge in [-0.2, -0.15) is 4.89 Å². The number of rotatable bonds is 3. The van der Waals surface area contributed by atoms with Gasteiger partial charge in [0.25, 0.3) is 5.79 Å². The zero-order valence-corrected chi connectivity index (χ0v) is 16.0. The number of fused-ring (bicyclic) bond motifs is 1. The van der Waals surface area contributed by atoms with Gasteiger partial charge in [0.05, 0.1) is 12.0 Å². The van der Waals surface area contributed by atoms with Crippen molar-refractivity contribution in [2.75, 3.05) is 14.2 Å². The molecule has 138 valence electrons. The van der Waals surface area contributed by atoms with Crippen molar-refractivity contribution in [1.82, 2.24) is 0 Å². The van der Waals surface area contributed by atoms with Crippen molar-refractivity contribution in [2.45, 2.75) is 43.5 Å². The van der Waals surface area contributed by atoms with Crippen LogP contribution in [0.4, 0.5) is 0 Å². The van der Waals surface area contributed by atoms with Crippen molar-refractivity contribution < 1.29 is 19.2 Å². The van der Waals surface area contributed by atoms with Crippen LogP contribution < -0.4 is 4.74 Å². The van der Waals surface area contributed by atoms with Gasteiger partial charge in [0.1, 0.15) is 5.75 Å². The lowest BCUT2D eigenvalue weighted by molar-refractivity contribution is -0.644. The smallest absolute Gasteiger partial charge is 0.269 e. The maximum absolute atomic E-state index is 6.16. The Morgan fingerprint density at radius 1 is 0.962 bits per heavy atom. The number of methoxy groups -OCH3 is 2. The van der Waals surface area contributed by atoms with Gasteiger partial charge in [-0.05, 0) is 85.4 Å². The van der Waals surface area contributed by atoms with Gasteiger partial charge in [-0.3, -0.25) is 0 Å². The Kier molecular flexibility index (Phi) is 3.19. The molecule has 4 aliphatic carbocycles. The van der Waals surface area contributed by atoms with E-state index in [9.17, 15) is 0 Å². The highest BCUT2D eigenvalue weighted by Crippen LogP contribution is 2.69. The lowest BCUT2D eigenvalue weighted by atomic mass is 9.47. The maximum Gasteiger partial charge on any atom is 0.269 e. The van der Waals surface area contributed by atoms with Gasteiger partial charge in [0.15, 0.2) is 5.60 Å². The summed E-state index contributed by atoms with van der Waals surface area (Å²) in [5, 5.41) is 1.18. The fraction of sp³-hybridized carbons (Fsp3) is 0.619. The highest BCUT2D eigenvalue weighted by atomic mass is 32.1. The largest absolute Gasteiger partial charge is 0.497 e. The molecule has 1 atom stereocenters. The van der Waals surface area contributed by atoms with Crippen molar-refractivity contribution in [3.63, 3.8) is 0 Å². The lowest BCUT2D eigenvalue weighted by Crippen LogP contribution is -2.76. The second kappa shape index (κ2) is 5.22. The van der Waals surface area contributed by atoms with Crippen molar-refractivity contribution in [1.29, 1.82) is 0 Å². The molecule has 0 amide bonds. The van der Waals surface area contributed by atoms with E-state index < -0.39 is 5.79 Å². The predicted octanol–water partition coefficient (Wildman–Crippen LogP) is 4.87. The third-order valence-electron chi connectivity index (χ3n) is 7.50. The second-order valence-corrected chi connectivity index (χ2v) is 9.68. The van der Waals surface area contributed by atoms with Crippen LogP contribution in [0.3, 0.4) is 0 Å². The topological polar surface area (TPSA) is 36.9 Å². The van der Waals surface area contributed by atoms with E-state index in [0.29, 0.717) is 11.8 Å². The average molecular weight is 372 g/mol. The van der Waals surface area contributed by atoms with E-state index >= 15 is 0 Å². The van der Waals surface area contributed by atoms with E-state index in [0.717, 1.165) is 22.5 Å². The van der Waals surface area contributed by atoms with Crippen LogP contribution in [0, 0.1) is 23.7 Å². The average Bonchev–Trinajstić information content (AvgIpc) is 3.04. The monoisotopic (exact) mass is 372 g/mol. The van der Waals surface area contributed by atoms with Crippen LogP contribution in [0.2, 0.25) is 0 Å². The molecule has 0 radical (unpaired) electrons. The fourth-order valence-corrected chi connectivity index (χ4v) is 7.82. The first kappa shape index (κ1) is 15.9. The van der Waals surface area contributed by atoms with Crippen molar-refractivity contribution in [2.24, 2.45) is 23.7 Å². The molecule has 1 aliphatic heterocycles. The quantitative estimate of drug-likeness (QED) is 0.721. The third-order valence-corrected chi connectivity index (χ3v) is 8.70. The van der Waals surface area contributed by atoms with Gasteiger partial charge >= 0.3 is 0 Å². The first-order valence-corrected chi connectivity index (χ1v) is 10.5. The molecule has 1 aromatic heterocycles. The summed E-state index contributed by atoms with van der Waals surface area (Å²) >= 11 is 1.76. The molecule has 2 aromatic rings. The zero-order valence-electron chi connectivity index (χ0n) is 15.2. The van der Waals surface area contributed by atoms with E-state index in [1.807, 2.05) is 6.07 Å². The third kappa shape index (κ3) is 1.76. The highest BCUT2D eigenvalue weighted by Gasteiger charge is 2.77. The van der Waals surface area contributed by atoms with E-state index in [4.69, 9.17) is 19.2 Å². The van der Waals surface area contributed by atoms with Crippen LogP contribution in [-0.4, -0.2) is 19.8 Å². The summed E-state index contributed by atoms with van der Waals surface area (Å²) in [6.07, 6.45) is 6.48. The second-order valence-electron chi connectivity index (χ2n) is 8.60. The minimum absolute atomic E-state index is 0.305. The normalized spacial score (nSPS) is 43.2. The Bertz CT molecular complexity index is 842. The van der Waals surface area contributed by atoms with E-state index in [-0.39, 0.29) is 5.60 Å². The molecule has 1 spiro atoms. The molecule has 7 rings (SSSR count).